The first-order chi connectivity index (χ1) is 8.58. The summed E-state index contributed by atoms with van der Waals surface area (Å²) in [5.74, 6) is 0.00458. The number of nitrogens with one attached hydrogen (secondary N) is 2. The van der Waals surface area contributed by atoms with Crippen molar-refractivity contribution in [2.75, 3.05) is 0 Å². The molecule has 0 spiro atoms. The van der Waals surface area contributed by atoms with Crippen LogP contribution in [0.3, 0.4) is 0 Å². The predicted molar refractivity (Wildman–Crippen MR) is 69.8 cm³/mol. The van der Waals surface area contributed by atoms with Crippen molar-refractivity contribution in [1.29, 1.82) is 0 Å². The SMILES string of the molecule is CC(=O)N[C@H]1CCC=C1C1=CCC[C@H]1NC(C)=O. The first kappa shape index (κ1) is 12.9. The fourth-order valence-electron chi connectivity index (χ4n) is 2.84. The summed E-state index contributed by atoms with van der Waals surface area (Å²) in [4.78, 5) is 22.4. The van der Waals surface area contributed by atoms with E-state index < -0.39 is 0 Å². The van der Waals surface area contributed by atoms with E-state index in [0.29, 0.717) is 0 Å². The standard InChI is InChI=1S/C14H20N2O2/c1-9(17)15-13-7-3-5-11(13)12-6-4-8-14(12)16-10(2)18/h5-6,13-14H,3-4,7-8H2,1-2H3,(H,15,17)(H,16,18)/t13-,14+. The van der Waals surface area contributed by atoms with Crippen molar-refractivity contribution < 1.29 is 9.59 Å². The van der Waals surface area contributed by atoms with Gasteiger partial charge in [0, 0.05) is 13.8 Å². The molecule has 0 bridgehead atoms. The predicted octanol–water partition coefficient (Wildman–Crippen LogP) is 1.44. The molecule has 0 radical (unpaired) electrons. The van der Waals surface area contributed by atoms with E-state index in [1.807, 2.05) is 0 Å². The Kier molecular flexibility index (Phi) is 3.84. The first-order valence-corrected chi connectivity index (χ1v) is 6.52. The van der Waals surface area contributed by atoms with Gasteiger partial charge in [0.15, 0.2) is 0 Å². The second-order valence-corrected chi connectivity index (χ2v) is 4.98. The normalized spacial score (nSPS) is 26.6. The summed E-state index contributed by atoms with van der Waals surface area (Å²) in [6.45, 7) is 3.09. The van der Waals surface area contributed by atoms with Crippen molar-refractivity contribution in [3.8, 4) is 0 Å². The summed E-state index contributed by atoms with van der Waals surface area (Å²) in [5, 5.41) is 5.96. The average molecular weight is 248 g/mol. The third kappa shape index (κ3) is 2.81. The fourth-order valence-corrected chi connectivity index (χ4v) is 2.84. The molecular formula is C14H20N2O2. The fraction of sp³-hybridized carbons (Fsp3) is 0.571. The molecule has 2 N–H and O–H groups in total. The van der Waals surface area contributed by atoms with Crippen molar-refractivity contribution in [3.05, 3.63) is 23.3 Å². The van der Waals surface area contributed by atoms with Crippen LogP contribution < -0.4 is 10.6 Å². The lowest BCUT2D eigenvalue weighted by Crippen LogP contribution is -2.38. The van der Waals surface area contributed by atoms with Crippen molar-refractivity contribution in [2.24, 2.45) is 0 Å². The Bertz CT molecular complexity index is 384. The van der Waals surface area contributed by atoms with E-state index in [-0.39, 0.29) is 23.9 Å². The number of allylic oxidation sites excluding steroid dienone is 2. The van der Waals surface area contributed by atoms with Crippen LogP contribution in [0, 0.1) is 0 Å². The number of hydrogen-bond acceptors (Lipinski definition) is 2. The van der Waals surface area contributed by atoms with Gasteiger partial charge in [-0.2, -0.15) is 0 Å². The number of amides is 2. The molecule has 0 saturated carbocycles. The minimum Gasteiger partial charge on any atom is -0.350 e. The Morgan fingerprint density at radius 2 is 1.33 bits per heavy atom. The van der Waals surface area contributed by atoms with Crippen LogP contribution in [-0.2, 0) is 9.59 Å². The monoisotopic (exact) mass is 248 g/mol. The lowest BCUT2D eigenvalue weighted by Gasteiger charge is -2.22. The van der Waals surface area contributed by atoms with E-state index in [4.69, 9.17) is 0 Å². The van der Waals surface area contributed by atoms with Crippen LogP contribution in [0.25, 0.3) is 0 Å². The zero-order valence-electron chi connectivity index (χ0n) is 11.0. The van der Waals surface area contributed by atoms with E-state index in [9.17, 15) is 9.59 Å². The van der Waals surface area contributed by atoms with Crippen LogP contribution in [0.4, 0.5) is 0 Å². The molecule has 0 aromatic heterocycles. The first-order valence-electron chi connectivity index (χ1n) is 6.52. The van der Waals surface area contributed by atoms with Gasteiger partial charge in [-0.3, -0.25) is 9.59 Å². The van der Waals surface area contributed by atoms with Gasteiger partial charge < -0.3 is 10.6 Å². The Morgan fingerprint density at radius 3 is 1.67 bits per heavy atom. The summed E-state index contributed by atoms with van der Waals surface area (Å²) in [6.07, 6.45) is 8.27. The molecule has 2 amide bonds. The largest absolute Gasteiger partial charge is 0.350 e. The van der Waals surface area contributed by atoms with Crippen LogP contribution in [0.1, 0.15) is 39.5 Å². The zero-order valence-corrected chi connectivity index (χ0v) is 11.0. The van der Waals surface area contributed by atoms with Gasteiger partial charge in [-0.1, -0.05) is 12.2 Å². The van der Waals surface area contributed by atoms with Gasteiger partial charge in [-0.05, 0) is 36.8 Å². The van der Waals surface area contributed by atoms with E-state index in [2.05, 4.69) is 22.8 Å². The van der Waals surface area contributed by atoms with Gasteiger partial charge in [0.2, 0.25) is 11.8 Å². The average Bonchev–Trinajstić information content (AvgIpc) is 2.85. The van der Waals surface area contributed by atoms with Gasteiger partial charge in [0.25, 0.3) is 0 Å². The molecule has 2 atom stereocenters. The summed E-state index contributed by atoms with van der Waals surface area (Å²) < 4.78 is 0. The Balaban J connectivity index is 2.10. The minimum atomic E-state index is 0.00229. The van der Waals surface area contributed by atoms with Crippen LogP contribution in [0.2, 0.25) is 0 Å². The maximum atomic E-state index is 11.2. The molecule has 0 unspecified atom stereocenters. The van der Waals surface area contributed by atoms with Crippen LogP contribution in [-0.4, -0.2) is 23.9 Å². The molecule has 4 nitrogen and oxygen atoms in total. The Morgan fingerprint density at radius 1 is 0.944 bits per heavy atom. The maximum absolute atomic E-state index is 11.2. The molecule has 2 rings (SSSR count). The van der Waals surface area contributed by atoms with Crippen LogP contribution in [0.5, 0.6) is 0 Å². The van der Waals surface area contributed by atoms with E-state index in [1.165, 1.54) is 11.1 Å². The highest BCUT2D eigenvalue weighted by Gasteiger charge is 2.29. The molecule has 18 heavy (non-hydrogen) atoms. The minimum absolute atomic E-state index is 0.00229. The molecule has 0 aromatic carbocycles. The Hall–Kier alpha value is -1.58. The van der Waals surface area contributed by atoms with E-state index in [0.717, 1.165) is 25.7 Å². The third-order valence-corrected chi connectivity index (χ3v) is 3.48. The smallest absolute Gasteiger partial charge is 0.217 e. The molecule has 0 aliphatic heterocycles. The Labute approximate surface area is 108 Å². The van der Waals surface area contributed by atoms with Crippen molar-refractivity contribution in [2.45, 2.75) is 51.6 Å². The lowest BCUT2D eigenvalue weighted by atomic mass is 9.97. The summed E-state index contributed by atoms with van der Waals surface area (Å²) in [5.41, 5.74) is 2.39. The topological polar surface area (TPSA) is 58.2 Å². The number of hydrogen-bond donors (Lipinski definition) is 2. The highest BCUT2D eigenvalue weighted by atomic mass is 16.2. The summed E-state index contributed by atoms with van der Waals surface area (Å²) in [6, 6.07) is 0.228. The van der Waals surface area contributed by atoms with E-state index >= 15 is 0 Å². The summed E-state index contributed by atoms with van der Waals surface area (Å²) >= 11 is 0. The lowest BCUT2D eigenvalue weighted by molar-refractivity contribution is -0.120. The van der Waals surface area contributed by atoms with Crippen molar-refractivity contribution >= 4 is 11.8 Å². The van der Waals surface area contributed by atoms with Gasteiger partial charge in [-0.25, -0.2) is 0 Å². The molecule has 98 valence electrons. The van der Waals surface area contributed by atoms with Gasteiger partial charge in [0.1, 0.15) is 0 Å². The second kappa shape index (κ2) is 5.38. The molecule has 2 aliphatic carbocycles. The quantitative estimate of drug-likeness (QED) is 0.794. The molecule has 0 fully saturated rings. The second-order valence-electron chi connectivity index (χ2n) is 4.98. The molecule has 4 heteroatoms. The van der Waals surface area contributed by atoms with Crippen LogP contribution in [0.15, 0.2) is 23.3 Å². The molecule has 2 aliphatic rings. The molecule has 0 aromatic rings. The summed E-state index contributed by atoms with van der Waals surface area (Å²) in [7, 11) is 0. The maximum Gasteiger partial charge on any atom is 0.217 e. The molecule has 0 heterocycles. The number of carbonyl (C=O) groups excluding carboxylic acids is 2. The number of carbonyl (C=O) groups is 2. The molecular weight excluding hydrogens is 228 g/mol. The van der Waals surface area contributed by atoms with Crippen molar-refractivity contribution in [3.63, 3.8) is 0 Å². The van der Waals surface area contributed by atoms with Gasteiger partial charge >= 0.3 is 0 Å². The van der Waals surface area contributed by atoms with E-state index in [1.54, 1.807) is 13.8 Å². The van der Waals surface area contributed by atoms with Crippen molar-refractivity contribution in [1.82, 2.24) is 10.6 Å². The van der Waals surface area contributed by atoms with Gasteiger partial charge in [-0.15, -0.1) is 0 Å². The number of rotatable bonds is 3. The van der Waals surface area contributed by atoms with Crippen LogP contribution >= 0.6 is 0 Å². The molecule has 0 saturated heterocycles. The van der Waals surface area contributed by atoms with Gasteiger partial charge in [0.05, 0.1) is 12.1 Å². The zero-order chi connectivity index (χ0) is 13.1. The highest BCUT2D eigenvalue weighted by molar-refractivity contribution is 5.75. The third-order valence-electron chi connectivity index (χ3n) is 3.48. The highest BCUT2D eigenvalue weighted by Crippen LogP contribution is 2.32.